The molecule has 0 amide bonds. The number of aromatic nitrogens is 4. The number of rotatable bonds is 7. The molecule has 15 heteroatoms. The Morgan fingerprint density at radius 2 is 2.18 bits per heavy atom. The van der Waals surface area contributed by atoms with Crippen molar-refractivity contribution in [1.29, 1.82) is 0 Å². The number of ether oxygens (including phenoxy) is 2. The van der Waals surface area contributed by atoms with Crippen LogP contribution < -0.4 is 11.3 Å². The highest BCUT2D eigenvalue weighted by atomic mass is 31.2. The van der Waals surface area contributed by atoms with Crippen LogP contribution in [-0.2, 0) is 24.5 Å². The van der Waals surface area contributed by atoms with Gasteiger partial charge in [0.2, 0.25) is 5.95 Å². The summed E-state index contributed by atoms with van der Waals surface area (Å²) in [5, 5.41) is 21.0. The van der Waals surface area contributed by atoms with Crippen LogP contribution in [0.4, 0.5) is 5.95 Å². The summed E-state index contributed by atoms with van der Waals surface area (Å²) >= 11 is 0. The van der Waals surface area contributed by atoms with E-state index in [1.165, 1.54) is 0 Å². The second kappa shape index (κ2) is 7.50. The minimum Gasteiger partial charge on any atom is -0.387 e. The van der Waals surface area contributed by atoms with Crippen LogP contribution in [0.3, 0.4) is 0 Å². The molecule has 1 fully saturated rings. The number of hydrogen-bond donors (Lipinski definition) is 6. The van der Waals surface area contributed by atoms with Gasteiger partial charge in [-0.3, -0.25) is 18.9 Å². The van der Waals surface area contributed by atoms with Crippen LogP contribution in [0.5, 0.6) is 0 Å². The fraction of sp³-hybridized carbons (Fsp3) is 0.615. The molecule has 0 aliphatic carbocycles. The van der Waals surface area contributed by atoms with E-state index in [0.717, 1.165) is 10.9 Å². The number of phosphoric ester groups is 1. The number of nitrogen functional groups attached to an aromatic ring is 1. The Morgan fingerprint density at radius 3 is 2.82 bits per heavy atom. The molecule has 1 aliphatic heterocycles. The molecule has 3 heterocycles. The van der Waals surface area contributed by atoms with Gasteiger partial charge in [-0.15, -0.1) is 0 Å². The average molecular weight is 421 g/mol. The lowest BCUT2D eigenvalue weighted by Gasteiger charge is -2.33. The van der Waals surface area contributed by atoms with Crippen LogP contribution in [-0.4, -0.2) is 71.0 Å². The molecule has 7 N–H and O–H groups in total. The number of aromatic amines is 1. The van der Waals surface area contributed by atoms with Gasteiger partial charge in [-0.2, -0.15) is 4.98 Å². The van der Waals surface area contributed by atoms with Crippen molar-refractivity contribution in [3.8, 4) is 0 Å². The lowest BCUT2D eigenvalue weighted by atomic mass is 10.1. The number of aliphatic hydroxyl groups excluding tert-OH is 2. The van der Waals surface area contributed by atoms with Gasteiger partial charge in [-0.1, -0.05) is 6.92 Å². The molecule has 2 aromatic heterocycles. The summed E-state index contributed by atoms with van der Waals surface area (Å²) in [7, 11) is -4.85. The first-order valence-corrected chi connectivity index (χ1v) is 9.73. The van der Waals surface area contributed by atoms with E-state index >= 15 is 0 Å². The summed E-state index contributed by atoms with van der Waals surface area (Å²) in [6.45, 7) is 1.11. The quantitative estimate of drug-likeness (QED) is 0.267. The number of aliphatic hydroxyl groups is 2. The van der Waals surface area contributed by atoms with Gasteiger partial charge in [0.05, 0.1) is 13.2 Å². The number of H-pyrrole nitrogens is 1. The number of phosphoric acid groups is 1. The average Bonchev–Trinajstić information content (AvgIpc) is 3.13. The summed E-state index contributed by atoms with van der Waals surface area (Å²) in [6, 6.07) is 0. The van der Waals surface area contributed by atoms with E-state index in [9.17, 15) is 19.6 Å². The summed E-state index contributed by atoms with van der Waals surface area (Å²) in [5.41, 5.74) is 4.73. The van der Waals surface area contributed by atoms with Gasteiger partial charge in [0.25, 0.3) is 11.5 Å². The number of nitrogens with zero attached hydrogens (tertiary/aromatic N) is 3. The number of imidazole rings is 1. The molecule has 14 nitrogen and oxygen atoms in total. The van der Waals surface area contributed by atoms with Gasteiger partial charge in [0.1, 0.15) is 18.5 Å². The van der Waals surface area contributed by atoms with E-state index in [4.69, 9.17) is 25.0 Å². The molecular weight excluding hydrogens is 401 g/mol. The Hall–Kier alpha value is -1.90. The molecule has 0 unspecified atom stereocenters. The molecule has 156 valence electrons. The molecule has 3 rings (SSSR count). The van der Waals surface area contributed by atoms with Crippen molar-refractivity contribution in [3.63, 3.8) is 0 Å². The topological polar surface area (TPSA) is 215 Å². The molecule has 0 spiro atoms. The molecule has 28 heavy (non-hydrogen) atoms. The molecule has 1 aliphatic rings. The number of hydrogen-bond acceptors (Lipinski definition) is 10. The Bertz CT molecular complexity index is 958. The summed E-state index contributed by atoms with van der Waals surface area (Å²) < 4.78 is 27.7. The van der Waals surface area contributed by atoms with E-state index in [1.807, 2.05) is 0 Å². The minimum atomic E-state index is -4.85. The smallest absolute Gasteiger partial charge is 0.387 e. The van der Waals surface area contributed by atoms with E-state index in [0.29, 0.717) is 6.42 Å². The third-order valence-corrected chi connectivity index (χ3v) is 4.56. The van der Waals surface area contributed by atoms with E-state index in [2.05, 4.69) is 19.5 Å². The molecule has 0 aromatic carbocycles. The SMILES string of the molecule is CCCO[C@@]1(n2cnc3c(=O)[nH]c(N)nc32)O[C@H](COP(=O)(O)O)[C@@H](O)[C@H]1O. The van der Waals surface area contributed by atoms with Crippen molar-refractivity contribution < 1.29 is 38.6 Å². The van der Waals surface area contributed by atoms with Gasteiger partial charge in [-0.25, -0.2) is 9.55 Å². The van der Waals surface area contributed by atoms with Gasteiger partial charge in [0.15, 0.2) is 17.3 Å². The number of nitrogens with two attached hydrogens (primary N) is 1. The monoisotopic (exact) mass is 421 g/mol. The van der Waals surface area contributed by atoms with Crippen molar-refractivity contribution in [2.24, 2.45) is 0 Å². The standard InChI is InChI=1S/C13H20N5O9P/c1-2-3-25-13(9(20)8(19)6(27-13)4-26-28(22,23)24)18-5-15-7-10(18)16-12(14)17-11(7)21/h5-6,8-9,19-20H,2-4H2,1H3,(H2,22,23,24)(H3,14,16,17,21)/t6-,8-,9-,13-/m1/s1. The Labute approximate surface area is 157 Å². The van der Waals surface area contributed by atoms with Crippen LogP contribution in [0.2, 0.25) is 0 Å². The van der Waals surface area contributed by atoms with E-state index in [-0.39, 0.29) is 23.7 Å². The Kier molecular flexibility index (Phi) is 5.58. The van der Waals surface area contributed by atoms with Crippen molar-refractivity contribution in [1.82, 2.24) is 19.5 Å². The Balaban J connectivity index is 2.07. The molecular formula is C13H20N5O9P. The third-order valence-electron chi connectivity index (χ3n) is 4.08. The van der Waals surface area contributed by atoms with Crippen molar-refractivity contribution >= 4 is 24.9 Å². The molecule has 0 saturated carbocycles. The van der Waals surface area contributed by atoms with Crippen molar-refractivity contribution in [3.05, 3.63) is 16.7 Å². The van der Waals surface area contributed by atoms with Crippen LogP contribution in [0.15, 0.2) is 11.1 Å². The maximum absolute atomic E-state index is 12.0. The predicted molar refractivity (Wildman–Crippen MR) is 91.7 cm³/mol. The molecule has 0 bridgehead atoms. The summed E-state index contributed by atoms with van der Waals surface area (Å²) in [5.74, 6) is -2.31. The largest absolute Gasteiger partial charge is 0.469 e. The van der Waals surface area contributed by atoms with Gasteiger partial charge in [-0.05, 0) is 6.42 Å². The van der Waals surface area contributed by atoms with Crippen molar-refractivity contribution in [2.45, 2.75) is 37.6 Å². The van der Waals surface area contributed by atoms with E-state index < -0.39 is 44.2 Å². The normalized spacial score (nSPS) is 28.2. The fourth-order valence-electron chi connectivity index (χ4n) is 2.87. The first-order chi connectivity index (χ1) is 13.1. The number of nitrogens with one attached hydrogen (secondary N) is 1. The first kappa shape index (κ1) is 20.8. The predicted octanol–water partition coefficient (Wildman–Crippen LogP) is -2.03. The maximum Gasteiger partial charge on any atom is 0.469 e. The summed E-state index contributed by atoms with van der Waals surface area (Å²) in [4.78, 5) is 39.9. The molecule has 0 radical (unpaired) electrons. The minimum absolute atomic E-state index is 0.0637. The highest BCUT2D eigenvalue weighted by Gasteiger charge is 2.58. The van der Waals surface area contributed by atoms with E-state index in [1.54, 1.807) is 6.92 Å². The third kappa shape index (κ3) is 3.68. The van der Waals surface area contributed by atoms with Crippen LogP contribution in [0.25, 0.3) is 11.2 Å². The maximum atomic E-state index is 12.0. The highest BCUT2D eigenvalue weighted by Crippen LogP contribution is 2.41. The fourth-order valence-corrected chi connectivity index (χ4v) is 3.21. The first-order valence-electron chi connectivity index (χ1n) is 8.20. The van der Waals surface area contributed by atoms with Crippen LogP contribution >= 0.6 is 7.82 Å². The summed E-state index contributed by atoms with van der Waals surface area (Å²) in [6.07, 6.45) is -3.12. The molecule has 1 saturated heterocycles. The number of fused-ring (bicyclic) bond motifs is 1. The zero-order chi connectivity index (χ0) is 20.7. The zero-order valence-electron chi connectivity index (χ0n) is 14.6. The second-order valence-corrected chi connectivity index (χ2v) is 7.33. The Morgan fingerprint density at radius 1 is 1.46 bits per heavy atom. The van der Waals surface area contributed by atoms with Crippen LogP contribution in [0, 0.1) is 0 Å². The zero-order valence-corrected chi connectivity index (χ0v) is 15.5. The number of anilines is 1. The van der Waals surface area contributed by atoms with Crippen molar-refractivity contribution in [2.75, 3.05) is 18.9 Å². The van der Waals surface area contributed by atoms with Gasteiger partial charge in [0, 0.05) is 0 Å². The lowest BCUT2D eigenvalue weighted by molar-refractivity contribution is -0.313. The molecule has 2 aromatic rings. The van der Waals surface area contributed by atoms with Gasteiger partial charge < -0.3 is 35.2 Å². The lowest BCUT2D eigenvalue weighted by Crippen LogP contribution is -2.48. The second-order valence-electron chi connectivity index (χ2n) is 6.10. The molecule has 4 atom stereocenters. The highest BCUT2D eigenvalue weighted by molar-refractivity contribution is 7.46. The van der Waals surface area contributed by atoms with Gasteiger partial charge >= 0.3 is 7.82 Å². The van der Waals surface area contributed by atoms with Crippen LogP contribution in [0.1, 0.15) is 13.3 Å².